The van der Waals surface area contributed by atoms with Gasteiger partial charge in [0, 0.05) is 6.54 Å². The number of carbonyl (C=O) groups is 1. The fraction of sp³-hybridized carbons (Fsp3) is 0.909. The van der Waals surface area contributed by atoms with E-state index in [1.54, 1.807) is 6.92 Å². The second kappa shape index (κ2) is 10.9. The Balaban J connectivity index is 3.07. The van der Waals surface area contributed by atoms with E-state index >= 15 is 0 Å². The number of esters is 1. The number of hydrogen-bond donors (Lipinski definition) is 0. The number of rotatable bonds is 10. The largest absolute Gasteiger partial charge is 0.466 e. The van der Waals surface area contributed by atoms with Crippen molar-refractivity contribution < 1.29 is 19.0 Å². The maximum absolute atomic E-state index is 10.9. The first kappa shape index (κ1) is 15.3. The fourth-order valence-electron chi connectivity index (χ4n) is 0.958. The van der Waals surface area contributed by atoms with Gasteiger partial charge >= 0.3 is 5.97 Å². The topological polar surface area (TPSA) is 48.0 Å². The molecule has 0 spiro atoms. The predicted octanol–water partition coefficient (Wildman–Crippen LogP) is 0.534. The zero-order valence-electron chi connectivity index (χ0n) is 10.5. The molecule has 0 rings (SSSR count). The van der Waals surface area contributed by atoms with Crippen molar-refractivity contribution >= 4 is 5.97 Å². The summed E-state index contributed by atoms with van der Waals surface area (Å²) in [6, 6.07) is 0. The van der Waals surface area contributed by atoms with E-state index in [0.29, 0.717) is 39.5 Å². The molecule has 5 heteroatoms. The Bertz CT molecular complexity index is 173. The summed E-state index contributed by atoms with van der Waals surface area (Å²) in [5.41, 5.74) is 0. The maximum atomic E-state index is 10.9. The molecular weight excluding hydrogens is 210 g/mol. The standard InChI is InChI=1S/C11H23NO4/c1-4-16-11(13)5-7-14-9-10-15-8-6-12(2)3/h4-10H2,1-3H3. The first-order valence-corrected chi connectivity index (χ1v) is 5.62. The molecule has 0 aromatic rings. The molecule has 96 valence electrons. The van der Waals surface area contributed by atoms with Crippen LogP contribution in [0.2, 0.25) is 0 Å². The number of ether oxygens (including phenoxy) is 3. The Hall–Kier alpha value is -0.650. The quantitative estimate of drug-likeness (QED) is 0.407. The van der Waals surface area contributed by atoms with Gasteiger partial charge in [-0.05, 0) is 21.0 Å². The zero-order chi connectivity index (χ0) is 12.2. The van der Waals surface area contributed by atoms with Gasteiger partial charge in [0.1, 0.15) is 0 Å². The zero-order valence-corrected chi connectivity index (χ0v) is 10.5. The molecule has 0 amide bonds. The highest BCUT2D eigenvalue weighted by atomic mass is 16.5. The van der Waals surface area contributed by atoms with Crippen LogP contribution in [0.5, 0.6) is 0 Å². The van der Waals surface area contributed by atoms with Crippen LogP contribution in [0, 0.1) is 0 Å². The van der Waals surface area contributed by atoms with Crippen LogP contribution in [-0.2, 0) is 19.0 Å². The average molecular weight is 233 g/mol. The Morgan fingerprint density at radius 3 is 2.25 bits per heavy atom. The molecule has 0 aliphatic rings. The van der Waals surface area contributed by atoms with Crippen LogP contribution < -0.4 is 0 Å². The second-order valence-electron chi connectivity index (χ2n) is 3.58. The van der Waals surface area contributed by atoms with E-state index in [9.17, 15) is 4.79 Å². The first-order valence-electron chi connectivity index (χ1n) is 5.62. The molecule has 0 aliphatic heterocycles. The lowest BCUT2D eigenvalue weighted by molar-refractivity contribution is -0.144. The van der Waals surface area contributed by atoms with Crippen LogP contribution in [0.3, 0.4) is 0 Å². The number of carbonyl (C=O) groups excluding carboxylic acids is 1. The summed E-state index contributed by atoms with van der Waals surface area (Å²) in [4.78, 5) is 13.0. The second-order valence-corrected chi connectivity index (χ2v) is 3.58. The minimum absolute atomic E-state index is 0.212. The highest BCUT2D eigenvalue weighted by Gasteiger charge is 2.00. The van der Waals surface area contributed by atoms with E-state index in [2.05, 4.69) is 4.90 Å². The summed E-state index contributed by atoms with van der Waals surface area (Å²) in [5.74, 6) is -0.212. The van der Waals surface area contributed by atoms with Crippen molar-refractivity contribution in [2.24, 2.45) is 0 Å². The van der Waals surface area contributed by atoms with Gasteiger partial charge in [-0.25, -0.2) is 0 Å². The SMILES string of the molecule is CCOC(=O)CCOCCOCCN(C)C. The third-order valence-corrected chi connectivity index (χ3v) is 1.81. The van der Waals surface area contributed by atoms with Crippen LogP contribution >= 0.6 is 0 Å². The van der Waals surface area contributed by atoms with Crippen molar-refractivity contribution in [1.29, 1.82) is 0 Å². The highest BCUT2D eigenvalue weighted by Crippen LogP contribution is 1.88. The molecule has 0 saturated heterocycles. The van der Waals surface area contributed by atoms with Crippen LogP contribution in [0.15, 0.2) is 0 Å². The number of likely N-dealkylation sites (N-methyl/N-ethyl adjacent to an activating group) is 1. The molecule has 0 aromatic heterocycles. The van der Waals surface area contributed by atoms with Crippen molar-refractivity contribution in [2.45, 2.75) is 13.3 Å². The van der Waals surface area contributed by atoms with Gasteiger partial charge in [0.25, 0.3) is 0 Å². The van der Waals surface area contributed by atoms with Gasteiger partial charge in [-0.2, -0.15) is 0 Å². The minimum atomic E-state index is -0.212. The molecule has 0 N–H and O–H groups in total. The number of hydrogen-bond acceptors (Lipinski definition) is 5. The molecule has 0 aliphatic carbocycles. The highest BCUT2D eigenvalue weighted by molar-refractivity contribution is 5.69. The van der Waals surface area contributed by atoms with E-state index in [1.807, 2.05) is 14.1 Å². The normalized spacial score (nSPS) is 10.8. The lowest BCUT2D eigenvalue weighted by Gasteiger charge is -2.09. The van der Waals surface area contributed by atoms with Crippen LogP contribution in [-0.4, -0.2) is 64.5 Å². The first-order chi connectivity index (χ1) is 7.66. The van der Waals surface area contributed by atoms with Gasteiger partial charge in [0.15, 0.2) is 0 Å². The van der Waals surface area contributed by atoms with E-state index in [4.69, 9.17) is 14.2 Å². The van der Waals surface area contributed by atoms with Gasteiger partial charge in [0.2, 0.25) is 0 Å². The van der Waals surface area contributed by atoms with Crippen molar-refractivity contribution in [2.75, 3.05) is 53.7 Å². The summed E-state index contributed by atoms with van der Waals surface area (Å²) < 4.78 is 15.3. The van der Waals surface area contributed by atoms with E-state index in [-0.39, 0.29) is 5.97 Å². The molecule has 0 bridgehead atoms. The third kappa shape index (κ3) is 11.4. The van der Waals surface area contributed by atoms with Crippen molar-refractivity contribution in [3.05, 3.63) is 0 Å². The molecule has 0 fully saturated rings. The van der Waals surface area contributed by atoms with Crippen LogP contribution in [0.25, 0.3) is 0 Å². The average Bonchev–Trinajstić information content (AvgIpc) is 2.22. The predicted molar refractivity (Wildman–Crippen MR) is 61.4 cm³/mol. The minimum Gasteiger partial charge on any atom is -0.466 e. The van der Waals surface area contributed by atoms with Gasteiger partial charge in [0.05, 0.1) is 39.5 Å². The molecule has 16 heavy (non-hydrogen) atoms. The van der Waals surface area contributed by atoms with Crippen LogP contribution in [0.1, 0.15) is 13.3 Å². The van der Waals surface area contributed by atoms with Gasteiger partial charge in [-0.15, -0.1) is 0 Å². The maximum Gasteiger partial charge on any atom is 0.308 e. The van der Waals surface area contributed by atoms with Gasteiger partial charge in [-0.3, -0.25) is 4.79 Å². The summed E-state index contributed by atoms with van der Waals surface area (Å²) in [5, 5.41) is 0. The summed E-state index contributed by atoms with van der Waals surface area (Å²) in [7, 11) is 4.00. The third-order valence-electron chi connectivity index (χ3n) is 1.81. The lowest BCUT2D eigenvalue weighted by atomic mass is 10.5. The Labute approximate surface area is 97.7 Å². The van der Waals surface area contributed by atoms with Crippen molar-refractivity contribution in [3.63, 3.8) is 0 Å². The molecule has 0 atom stereocenters. The molecular formula is C11H23NO4. The van der Waals surface area contributed by atoms with Gasteiger partial charge in [-0.1, -0.05) is 0 Å². The molecule has 0 saturated carbocycles. The molecule has 0 unspecified atom stereocenters. The Morgan fingerprint density at radius 1 is 1.06 bits per heavy atom. The molecule has 0 radical (unpaired) electrons. The monoisotopic (exact) mass is 233 g/mol. The summed E-state index contributed by atoms with van der Waals surface area (Å²) >= 11 is 0. The molecule has 0 aromatic carbocycles. The van der Waals surface area contributed by atoms with E-state index in [0.717, 1.165) is 6.54 Å². The fourth-order valence-corrected chi connectivity index (χ4v) is 0.958. The van der Waals surface area contributed by atoms with E-state index in [1.165, 1.54) is 0 Å². The lowest BCUT2D eigenvalue weighted by Crippen LogP contribution is -2.19. The van der Waals surface area contributed by atoms with E-state index < -0.39 is 0 Å². The summed E-state index contributed by atoms with van der Waals surface area (Å²) in [6.07, 6.45) is 0.311. The Morgan fingerprint density at radius 2 is 1.69 bits per heavy atom. The van der Waals surface area contributed by atoms with Crippen molar-refractivity contribution in [3.8, 4) is 0 Å². The smallest absolute Gasteiger partial charge is 0.308 e. The summed E-state index contributed by atoms with van der Waals surface area (Å²) in [6.45, 7) is 5.31. The molecule has 5 nitrogen and oxygen atoms in total. The van der Waals surface area contributed by atoms with Crippen LogP contribution in [0.4, 0.5) is 0 Å². The molecule has 0 heterocycles. The van der Waals surface area contributed by atoms with Gasteiger partial charge < -0.3 is 19.1 Å². The van der Waals surface area contributed by atoms with Crippen molar-refractivity contribution in [1.82, 2.24) is 4.90 Å². The Kier molecular flexibility index (Phi) is 10.4. The number of nitrogens with zero attached hydrogens (tertiary/aromatic N) is 1.